The highest BCUT2D eigenvalue weighted by atomic mass is 79.9. The number of rotatable bonds is 2. The van der Waals surface area contributed by atoms with Gasteiger partial charge in [-0.2, -0.15) is 0 Å². The van der Waals surface area contributed by atoms with Gasteiger partial charge >= 0.3 is 0 Å². The summed E-state index contributed by atoms with van der Waals surface area (Å²) in [6, 6.07) is 5.22. The molecule has 0 aliphatic carbocycles. The van der Waals surface area contributed by atoms with Crippen LogP contribution in [0.4, 0.5) is 0 Å². The van der Waals surface area contributed by atoms with E-state index in [0.29, 0.717) is 16.9 Å². The van der Waals surface area contributed by atoms with Crippen molar-refractivity contribution in [2.75, 3.05) is 7.11 Å². The first-order valence-electron chi connectivity index (χ1n) is 4.52. The highest BCUT2D eigenvalue weighted by Crippen LogP contribution is 2.29. The Kier molecular flexibility index (Phi) is 2.78. The topological polar surface area (TPSA) is 55.4 Å². The van der Waals surface area contributed by atoms with Gasteiger partial charge in [0.05, 0.1) is 17.2 Å². The maximum absolute atomic E-state index is 11.4. The molecule has 1 heterocycles. The average Bonchev–Trinajstić information content (AvgIpc) is 2.59. The predicted octanol–water partition coefficient (Wildman–Crippen LogP) is 1.50. The number of methoxy groups -OCH3 is 1. The van der Waals surface area contributed by atoms with Gasteiger partial charge in [-0.25, -0.2) is 0 Å². The average molecular weight is 282 g/mol. The van der Waals surface area contributed by atoms with Gasteiger partial charge in [0.2, 0.25) is 0 Å². The van der Waals surface area contributed by atoms with E-state index >= 15 is 0 Å². The number of nitrogens with one attached hydrogen (secondary N) is 1. The number of amides is 2. The minimum Gasteiger partial charge on any atom is -0.496 e. The number of benzene rings is 1. The number of hydrogen-bond donors (Lipinski definition) is 1. The zero-order valence-electron chi connectivity index (χ0n) is 8.41. The van der Waals surface area contributed by atoms with Crippen LogP contribution in [-0.4, -0.2) is 18.9 Å². The van der Waals surface area contributed by atoms with Crippen LogP contribution in [0.25, 0.3) is 5.57 Å². The number of halogens is 1. The van der Waals surface area contributed by atoms with Crippen LogP contribution >= 0.6 is 15.9 Å². The number of ether oxygens (including phenoxy) is 1. The molecule has 0 unspecified atom stereocenters. The standard InChI is InChI=1S/C11H8BrNO3/c1-16-9-4-6(2-3-8(9)12)7-5-10(14)13-11(7)15/h2-5H,1H3,(H,13,14,15). The maximum Gasteiger partial charge on any atom is 0.258 e. The SMILES string of the molecule is COc1cc(C2=CC(=O)NC2=O)ccc1Br. The van der Waals surface area contributed by atoms with Crippen molar-refractivity contribution in [2.24, 2.45) is 0 Å². The van der Waals surface area contributed by atoms with E-state index in [0.717, 1.165) is 4.47 Å². The van der Waals surface area contributed by atoms with Gasteiger partial charge in [-0.15, -0.1) is 0 Å². The van der Waals surface area contributed by atoms with Crippen LogP contribution in [-0.2, 0) is 9.59 Å². The Bertz CT molecular complexity index is 508. The monoisotopic (exact) mass is 281 g/mol. The van der Waals surface area contributed by atoms with Crippen LogP contribution < -0.4 is 10.1 Å². The Morgan fingerprint density at radius 2 is 2.06 bits per heavy atom. The summed E-state index contributed by atoms with van der Waals surface area (Å²) in [5, 5.41) is 2.19. The fourth-order valence-corrected chi connectivity index (χ4v) is 1.86. The summed E-state index contributed by atoms with van der Waals surface area (Å²) in [4.78, 5) is 22.4. The largest absolute Gasteiger partial charge is 0.496 e. The Hall–Kier alpha value is -1.62. The lowest BCUT2D eigenvalue weighted by Crippen LogP contribution is -2.21. The first-order valence-corrected chi connectivity index (χ1v) is 5.32. The first-order chi connectivity index (χ1) is 7.61. The molecule has 1 aliphatic heterocycles. The van der Waals surface area contributed by atoms with Gasteiger partial charge in [-0.1, -0.05) is 6.07 Å². The number of hydrogen-bond acceptors (Lipinski definition) is 3. The van der Waals surface area contributed by atoms with Crippen LogP contribution in [0.5, 0.6) is 5.75 Å². The summed E-state index contributed by atoms with van der Waals surface area (Å²) >= 11 is 3.31. The Labute approximate surface area is 100 Å². The minimum absolute atomic E-state index is 0.357. The molecule has 0 radical (unpaired) electrons. The van der Waals surface area contributed by atoms with Gasteiger partial charge in [0.15, 0.2) is 0 Å². The smallest absolute Gasteiger partial charge is 0.258 e. The molecule has 16 heavy (non-hydrogen) atoms. The van der Waals surface area contributed by atoms with Crippen molar-refractivity contribution >= 4 is 33.3 Å². The summed E-state index contributed by atoms with van der Waals surface area (Å²) in [5.74, 6) is -0.151. The van der Waals surface area contributed by atoms with E-state index < -0.39 is 0 Å². The van der Waals surface area contributed by atoms with Gasteiger partial charge < -0.3 is 4.74 Å². The lowest BCUT2D eigenvalue weighted by atomic mass is 10.1. The van der Waals surface area contributed by atoms with E-state index in [1.165, 1.54) is 13.2 Å². The van der Waals surface area contributed by atoms with Crippen LogP contribution in [0.3, 0.4) is 0 Å². The molecule has 0 atom stereocenters. The molecule has 0 saturated heterocycles. The predicted molar refractivity (Wildman–Crippen MR) is 61.8 cm³/mol. The van der Waals surface area contributed by atoms with E-state index in [4.69, 9.17) is 4.74 Å². The fraction of sp³-hybridized carbons (Fsp3) is 0.0909. The molecule has 2 rings (SSSR count). The normalized spacial score (nSPS) is 14.8. The molecule has 0 spiro atoms. The van der Waals surface area contributed by atoms with E-state index in [2.05, 4.69) is 21.2 Å². The van der Waals surface area contributed by atoms with E-state index in [1.54, 1.807) is 18.2 Å². The van der Waals surface area contributed by atoms with Crippen LogP contribution in [0.1, 0.15) is 5.56 Å². The van der Waals surface area contributed by atoms with E-state index in [-0.39, 0.29) is 11.8 Å². The Morgan fingerprint density at radius 3 is 2.62 bits per heavy atom. The molecule has 82 valence electrons. The summed E-state index contributed by atoms with van der Waals surface area (Å²) in [6.07, 6.45) is 1.28. The second-order valence-corrected chi connectivity index (χ2v) is 4.08. The molecule has 0 aromatic heterocycles. The van der Waals surface area contributed by atoms with Crippen LogP contribution in [0.15, 0.2) is 28.7 Å². The molecule has 1 N–H and O–H groups in total. The van der Waals surface area contributed by atoms with E-state index in [1.807, 2.05) is 0 Å². The molecule has 0 bridgehead atoms. The highest BCUT2D eigenvalue weighted by Gasteiger charge is 2.22. The molecule has 0 saturated carbocycles. The third kappa shape index (κ3) is 1.86. The van der Waals surface area contributed by atoms with Crippen molar-refractivity contribution in [3.8, 4) is 5.75 Å². The van der Waals surface area contributed by atoms with Crippen molar-refractivity contribution in [2.45, 2.75) is 0 Å². The molecule has 2 amide bonds. The lowest BCUT2D eigenvalue weighted by Gasteiger charge is -2.06. The van der Waals surface area contributed by atoms with Crippen molar-refractivity contribution in [3.05, 3.63) is 34.3 Å². The summed E-state index contributed by atoms with van der Waals surface area (Å²) < 4.78 is 5.91. The second-order valence-electron chi connectivity index (χ2n) is 3.23. The van der Waals surface area contributed by atoms with Crippen molar-refractivity contribution in [1.82, 2.24) is 5.32 Å². The maximum atomic E-state index is 11.4. The van der Waals surface area contributed by atoms with Crippen molar-refractivity contribution in [3.63, 3.8) is 0 Å². The quantitative estimate of drug-likeness (QED) is 0.836. The van der Waals surface area contributed by atoms with E-state index in [9.17, 15) is 9.59 Å². The first kappa shape index (κ1) is 10.9. The lowest BCUT2D eigenvalue weighted by molar-refractivity contribution is -0.123. The van der Waals surface area contributed by atoms with Gasteiger partial charge in [0, 0.05) is 6.08 Å². The van der Waals surface area contributed by atoms with Crippen molar-refractivity contribution in [1.29, 1.82) is 0 Å². The van der Waals surface area contributed by atoms with Crippen LogP contribution in [0.2, 0.25) is 0 Å². The summed E-state index contributed by atoms with van der Waals surface area (Å²) in [7, 11) is 1.54. The third-order valence-electron chi connectivity index (χ3n) is 2.22. The molecule has 1 aliphatic rings. The number of carbonyl (C=O) groups is 2. The third-order valence-corrected chi connectivity index (χ3v) is 2.87. The number of imide groups is 1. The van der Waals surface area contributed by atoms with Gasteiger partial charge in [0.1, 0.15) is 5.75 Å². The molecule has 5 heteroatoms. The van der Waals surface area contributed by atoms with Gasteiger partial charge in [-0.05, 0) is 33.6 Å². The number of carbonyl (C=O) groups excluding carboxylic acids is 2. The van der Waals surface area contributed by atoms with Crippen molar-refractivity contribution < 1.29 is 14.3 Å². The Morgan fingerprint density at radius 1 is 1.31 bits per heavy atom. The highest BCUT2D eigenvalue weighted by molar-refractivity contribution is 9.10. The molecular formula is C11H8BrNO3. The fourth-order valence-electron chi connectivity index (χ4n) is 1.45. The van der Waals surface area contributed by atoms with Gasteiger partial charge in [-0.3, -0.25) is 14.9 Å². The zero-order chi connectivity index (χ0) is 11.7. The summed E-state index contributed by atoms with van der Waals surface area (Å²) in [6.45, 7) is 0. The molecule has 1 aromatic carbocycles. The zero-order valence-corrected chi connectivity index (χ0v) is 10.00. The van der Waals surface area contributed by atoms with Gasteiger partial charge in [0.25, 0.3) is 11.8 Å². The second kappa shape index (κ2) is 4.09. The molecule has 4 nitrogen and oxygen atoms in total. The molecule has 1 aromatic rings. The van der Waals surface area contributed by atoms with Crippen LogP contribution in [0, 0.1) is 0 Å². The molecule has 0 fully saturated rings. The Balaban J connectivity index is 2.45. The molecular weight excluding hydrogens is 274 g/mol. The summed E-state index contributed by atoms with van der Waals surface area (Å²) in [5.41, 5.74) is 1.01. The minimum atomic E-state index is -0.387.